The van der Waals surface area contributed by atoms with Crippen molar-refractivity contribution in [1.82, 2.24) is 14.5 Å². The van der Waals surface area contributed by atoms with Gasteiger partial charge < -0.3 is 55.6 Å². The molecule has 0 atom stereocenters. The van der Waals surface area contributed by atoms with E-state index < -0.39 is 76.5 Å². The number of benzene rings is 2. The van der Waals surface area contributed by atoms with Crippen LogP contribution in [0.15, 0.2) is 24.3 Å². The highest BCUT2D eigenvalue weighted by molar-refractivity contribution is 6.34. The number of rotatable bonds is 4. The second-order valence-corrected chi connectivity index (χ2v) is 8.09. The Morgan fingerprint density at radius 3 is 1.94 bits per heavy atom. The van der Waals surface area contributed by atoms with Gasteiger partial charge in [-0.25, -0.2) is 4.98 Å². The number of phenolic OH excluding ortho intramolecular Hbond substituents is 4. The smallest absolute Gasteiger partial charge is 0.296 e. The van der Waals surface area contributed by atoms with Crippen LogP contribution in [0.5, 0.6) is 23.0 Å². The summed E-state index contributed by atoms with van der Waals surface area (Å²) in [5.74, 6) is -14.2. The van der Waals surface area contributed by atoms with E-state index in [1.807, 2.05) is 0 Å². The molecule has 0 radical (unpaired) electrons. The number of hydrogen-bond donors (Lipinski definition) is 10. The molecule has 1 fully saturated rings. The minimum absolute atomic E-state index is 0.128. The van der Waals surface area contributed by atoms with E-state index in [4.69, 9.17) is 11.6 Å². The molecule has 1 aliphatic rings. The van der Waals surface area contributed by atoms with Crippen LogP contribution in [0.3, 0.4) is 0 Å². The van der Waals surface area contributed by atoms with E-state index in [1.54, 1.807) is 6.07 Å². The van der Waals surface area contributed by atoms with Crippen LogP contribution in [0.2, 0.25) is 5.02 Å². The molecule has 2 heterocycles. The van der Waals surface area contributed by atoms with E-state index in [0.29, 0.717) is 0 Å². The number of phenols is 4. The van der Waals surface area contributed by atoms with Crippen LogP contribution in [-0.2, 0) is 12.5 Å². The second-order valence-electron chi connectivity index (χ2n) is 7.72. The van der Waals surface area contributed by atoms with Gasteiger partial charge in [-0.3, -0.25) is 0 Å². The van der Waals surface area contributed by atoms with E-state index in [2.05, 4.69) is 4.98 Å². The van der Waals surface area contributed by atoms with Gasteiger partial charge in [-0.15, -0.1) is 4.90 Å². The largest absolute Gasteiger partial charge is 0.504 e. The fraction of sp³-hybridized carbons (Fsp3) is 0.316. The van der Waals surface area contributed by atoms with Gasteiger partial charge in [-0.2, -0.15) is 0 Å². The maximum atomic E-state index is 10.9. The minimum atomic E-state index is -3.52. The molecule has 0 aliphatic carbocycles. The molecule has 0 unspecified atom stereocenters. The Labute approximate surface area is 189 Å². The molecule has 2 aromatic carbocycles. The fourth-order valence-electron chi connectivity index (χ4n) is 3.96. The molecule has 14 heteroatoms. The van der Waals surface area contributed by atoms with Crippen molar-refractivity contribution in [3.63, 3.8) is 0 Å². The quantitative estimate of drug-likeness (QED) is 0.122. The molecule has 0 saturated carbocycles. The number of aromatic hydroxyl groups is 4. The number of imidazole rings is 1. The zero-order valence-electron chi connectivity index (χ0n) is 16.6. The maximum Gasteiger partial charge on any atom is 0.296 e. The Bertz CT molecular complexity index is 1210. The number of aliphatic hydroxyl groups is 6. The lowest BCUT2D eigenvalue weighted by atomic mass is 10.1. The van der Waals surface area contributed by atoms with Gasteiger partial charge in [0.2, 0.25) is 11.8 Å². The van der Waals surface area contributed by atoms with Crippen molar-refractivity contribution < 1.29 is 51.1 Å². The third-order valence-electron chi connectivity index (χ3n) is 5.53. The van der Waals surface area contributed by atoms with Crippen LogP contribution in [0, 0.1) is 0 Å². The molecule has 0 spiro atoms. The van der Waals surface area contributed by atoms with Gasteiger partial charge >= 0.3 is 0 Å². The first-order valence-electron chi connectivity index (χ1n) is 9.44. The van der Waals surface area contributed by atoms with E-state index in [1.165, 1.54) is 18.2 Å². The molecule has 13 nitrogen and oxygen atoms in total. The highest BCUT2D eigenvalue weighted by atomic mass is 35.5. The summed E-state index contributed by atoms with van der Waals surface area (Å²) in [6, 6.07) is 5.99. The topological polar surface area (TPSA) is 223 Å². The molecule has 0 amide bonds. The minimum Gasteiger partial charge on any atom is -0.504 e. The first-order valence-corrected chi connectivity index (χ1v) is 9.82. The summed E-state index contributed by atoms with van der Waals surface area (Å²) in [4.78, 5) is 3.86. The van der Waals surface area contributed by atoms with Crippen molar-refractivity contribution in [3.05, 3.63) is 40.7 Å². The zero-order chi connectivity index (χ0) is 24.5. The number of fused-ring (bicyclic) bond motifs is 1. The van der Waals surface area contributed by atoms with Crippen LogP contribution in [0.4, 0.5) is 0 Å². The maximum absolute atomic E-state index is 10.9. The highest BCUT2D eigenvalue weighted by Gasteiger charge is 2.63. The first kappa shape index (κ1) is 23.3. The fourth-order valence-corrected chi connectivity index (χ4v) is 4.14. The van der Waals surface area contributed by atoms with E-state index >= 15 is 0 Å². The monoisotopic (exact) mass is 485 g/mol. The molecule has 1 saturated heterocycles. The standard InChI is InChI=1S/C19H20ClN3O10/c20-11-14(26)12(24)8(13(25)15(11)27)7-22-10-4-2-1-3-9(10)21-16(22)19(32,33)23-17(28,29)5-6-18(23,30)31/h1-4,24-33H,5-7H2. The summed E-state index contributed by atoms with van der Waals surface area (Å²) >= 11 is 5.65. The van der Waals surface area contributed by atoms with Crippen LogP contribution in [0.25, 0.3) is 11.0 Å². The molecule has 178 valence electrons. The number of nitrogens with zero attached hydrogens (tertiary/aromatic N) is 3. The van der Waals surface area contributed by atoms with Gasteiger partial charge in [-0.1, -0.05) is 23.7 Å². The predicted octanol–water partition coefficient (Wildman–Crippen LogP) is -0.972. The van der Waals surface area contributed by atoms with Gasteiger partial charge in [0, 0.05) is 12.8 Å². The van der Waals surface area contributed by atoms with Crippen molar-refractivity contribution in [3.8, 4) is 23.0 Å². The van der Waals surface area contributed by atoms with Crippen LogP contribution in [0.1, 0.15) is 24.2 Å². The number of halogens is 1. The summed E-state index contributed by atoms with van der Waals surface area (Å²) in [5, 5.41) is 102. The Balaban J connectivity index is 1.96. The van der Waals surface area contributed by atoms with Gasteiger partial charge in [0.1, 0.15) is 5.02 Å². The zero-order valence-corrected chi connectivity index (χ0v) is 17.4. The van der Waals surface area contributed by atoms with E-state index in [-0.39, 0.29) is 15.9 Å². The number of aromatic nitrogens is 2. The van der Waals surface area contributed by atoms with Crippen molar-refractivity contribution in [2.24, 2.45) is 0 Å². The van der Waals surface area contributed by atoms with Gasteiger partial charge in [0.25, 0.3) is 5.91 Å². The molecular formula is C19H20ClN3O10. The van der Waals surface area contributed by atoms with Crippen LogP contribution >= 0.6 is 11.6 Å². The van der Waals surface area contributed by atoms with Crippen molar-refractivity contribution in [2.75, 3.05) is 0 Å². The van der Waals surface area contributed by atoms with Crippen molar-refractivity contribution in [2.45, 2.75) is 37.1 Å². The second kappa shape index (κ2) is 7.31. The molecule has 33 heavy (non-hydrogen) atoms. The Hall–Kier alpha value is -2.88. The van der Waals surface area contributed by atoms with Crippen molar-refractivity contribution in [1.29, 1.82) is 0 Å². The average molecular weight is 486 g/mol. The summed E-state index contributed by atoms with van der Waals surface area (Å²) in [6.07, 6.45) is -1.33. The summed E-state index contributed by atoms with van der Waals surface area (Å²) in [6.45, 7) is -0.670. The lowest BCUT2D eigenvalue weighted by Gasteiger charge is -2.42. The summed E-state index contributed by atoms with van der Waals surface area (Å²) in [5.41, 5.74) is -0.215. The normalized spacial score (nSPS) is 18.3. The molecular weight excluding hydrogens is 466 g/mol. The molecule has 0 bridgehead atoms. The van der Waals surface area contributed by atoms with Gasteiger partial charge in [0.15, 0.2) is 28.8 Å². The Morgan fingerprint density at radius 2 is 1.39 bits per heavy atom. The van der Waals surface area contributed by atoms with Gasteiger partial charge in [-0.05, 0) is 12.1 Å². The number of likely N-dealkylation sites (tertiary alicyclic amines) is 1. The lowest BCUT2D eigenvalue weighted by Crippen LogP contribution is -2.64. The Morgan fingerprint density at radius 1 is 0.879 bits per heavy atom. The van der Waals surface area contributed by atoms with Crippen LogP contribution < -0.4 is 0 Å². The summed E-state index contributed by atoms with van der Waals surface area (Å²) in [7, 11) is 0. The molecule has 10 N–H and O–H groups in total. The highest BCUT2D eigenvalue weighted by Crippen LogP contribution is 2.50. The lowest BCUT2D eigenvalue weighted by molar-refractivity contribution is -0.456. The molecule has 4 rings (SSSR count). The number of para-hydroxylation sites is 2. The third kappa shape index (κ3) is 3.42. The van der Waals surface area contributed by atoms with E-state index in [0.717, 1.165) is 4.57 Å². The van der Waals surface area contributed by atoms with Gasteiger partial charge in [0.05, 0.1) is 23.1 Å². The predicted molar refractivity (Wildman–Crippen MR) is 108 cm³/mol. The molecule has 3 aromatic rings. The Kier molecular flexibility index (Phi) is 5.16. The third-order valence-corrected chi connectivity index (χ3v) is 5.89. The van der Waals surface area contributed by atoms with Crippen LogP contribution in [-0.4, -0.2) is 77.3 Å². The molecule has 1 aromatic heterocycles. The average Bonchev–Trinajstić information content (AvgIpc) is 3.22. The molecule has 1 aliphatic heterocycles. The summed E-state index contributed by atoms with van der Waals surface area (Å²) < 4.78 is 0.974. The first-order chi connectivity index (χ1) is 15.2. The van der Waals surface area contributed by atoms with E-state index in [9.17, 15) is 51.1 Å². The SMILES string of the molecule is Oc1c(O)c(Cn2c(C(O)(O)N3C(O)(O)CCC3(O)O)nc3ccccc32)c(O)c(O)c1Cl. The number of hydrogen-bond acceptors (Lipinski definition) is 12. The van der Waals surface area contributed by atoms with Crippen molar-refractivity contribution >= 4 is 22.6 Å².